The van der Waals surface area contributed by atoms with Gasteiger partial charge < -0.3 is 5.32 Å². The fourth-order valence-electron chi connectivity index (χ4n) is 2.55. The molecule has 124 valence electrons. The standard InChI is InChI=1S/C21H18N2OS/c1-15-12-13-18(16-8-4-2-5-9-16)19(14-15)22-21(25)23-20(24)17-10-6-3-7-11-17/h2-14H,1H3,(H2,22,23,24,25). The van der Waals surface area contributed by atoms with Gasteiger partial charge in [-0.15, -0.1) is 0 Å². The number of hydrogen-bond acceptors (Lipinski definition) is 2. The quantitative estimate of drug-likeness (QED) is 0.670. The van der Waals surface area contributed by atoms with Gasteiger partial charge in [-0.3, -0.25) is 10.1 Å². The number of rotatable bonds is 3. The van der Waals surface area contributed by atoms with E-state index in [1.54, 1.807) is 12.1 Å². The smallest absolute Gasteiger partial charge is 0.257 e. The monoisotopic (exact) mass is 346 g/mol. The minimum atomic E-state index is -0.230. The van der Waals surface area contributed by atoms with Crippen molar-refractivity contribution in [3.8, 4) is 11.1 Å². The lowest BCUT2D eigenvalue weighted by atomic mass is 10.0. The van der Waals surface area contributed by atoms with Gasteiger partial charge in [0.1, 0.15) is 0 Å². The van der Waals surface area contributed by atoms with E-state index in [4.69, 9.17) is 12.2 Å². The van der Waals surface area contributed by atoms with Crippen LogP contribution < -0.4 is 10.6 Å². The number of thiocarbonyl (C=S) groups is 1. The van der Waals surface area contributed by atoms with Crippen LogP contribution in [0.5, 0.6) is 0 Å². The molecule has 25 heavy (non-hydrogen) atoms. The van der Waals surface area contributed by atoms with Crippen molar-refractivity contribution in [2.24, 2.45) is 0 Å². The first kappa shape index (κ1) is 16.9. The van der Waals surface area contributed by atoms with Crippen molar-refractivity contribution in [3.63, 3.8) is 0 Å². The third-order valence-electron chi connectivity index (χ3n) is 3.77. The van der Waals surface area contributed by atoms with Crippen LogP contribution in [0, 0.1) is 6.92 Å². The van der Waals surface area contributed by atoms with Crippen molar-refractivity contribution >= 4 is 28.9 Å². The number of carbonyl (C=O) groups excluding carboxylic acids is 1. The maximum atomic E-state index is 12.2. The number of amides is 1. The molecule has 3 rings (SSSR count). The molecule has 0 bridgehead atoms. The Balaban J connectivity index is 1.79. The predicted octanol–water partition coefficient (Wildman–Crippen LogP) is 4.79. The molecule has 0 aliphatic heterocycles. The zero-order valence-electron chi connectivity index (χ0n) is 13.8. The second-order valence-electron chi connectivity index (χ2n) is 5.69. The highest BCUT2D eigenvalue weighted by atomic mass is 32.1. The van der Waals surface area contributed by atoms with Gasteiger partial charge in [0.2, 0.25) is 0 Å². The van der Waals surface area contributed by atoms with Crippen LogP contribution in [0.2, 0.25) is 0 Å². The molecule has 1 amide bonds. The lowest BCUT2D eigenvalue weighted by Gasteiger charge is -2.14. The van der Waals surface area contributed by atoms with Gasteiger partial charge in [0, 0.05) is 16.8 Å². The molecular weight excluding hydrogens is 328 g/mol. The Morgan fingerprint density at radius 2 is 1.52 bits per heavy atom. The predicted molar refractivity (Wildman–Crippen MR) is 107 cm³/mol. The number of benzene rings is 3. The van der Waals surface area contributed by atoms with E-state index in [1.165, 1.54) is 0 Å². The van der Waals surface area contributed by atoms with Gasteiger partial charge in [0.05, 0.1) is 0 Å². The summed E-state index contributed by atoms with van der Waals surface area (Å²) in [6, 6.07) is 25.2. The lowest BCUT2D eigenvalue weighted by molar-refractivity contribution is 0.0977. The molecule has 0 atom stereocenters. The molecule has 0 spiro atoms. The average molecular weight is 346 g/mol. The Morgan fingerprint density at radius 3 is 2.20 bits per heavy atom. The zero-order valence-corrected chi connectivity index (χ0v) is 14.6. The molecule has 4 heteroatoms. The summed E-state index contributed by atoms with van der Waals surface area (Å²) in [6.07, 6.45) is 0. The molecular formula is C21H18N2OS. The molecule has 0 unspecified atom stereocenters. The summed E-state index contributed by atoms with van der Waals surface area (Å²) in [7, 11) is 0. The molecule has 0 heterocycles. The van der Waals surface area contributed by atoms with E-state index in [2.05, 4.69) is 22.8 Å². The van der Waals surface area contributed by atoms with Crippen molar-refractivity contribution in [3.05, 3.63) is 90.0 Å². The van der Waals surface area contributed by atoms with E-state index in [0.717, 1.165) is 22.4 Å². The minimum Gasteiger partial charge on any atom is -0.332 e. The van der Waals surface area contributed by atoms with Crippen molar-refractivity contribution in [2.45, 2.75) is 6.92 Å². The number of carbonyl (C=O) groups is 1. The molecule has 3 aromatic rings. The Morgan fingerprint density at radius 1 is 0.880 bits per heavy atom. The van der Waals surface area contributed by atoms with Crippen molar-refractivity contribution in [2.75, 3.05) is 5.32 Å². The van der Waals surface area contributed by atoms with Crippen molar-refractivity contribution < 1.29 is 4.79 Å². The number of anilines is 1. The fraction of sp³-hybridized carbons (Fsp3) is 0.0476. The summed E-state index contributed by atoms with van der Waals surface area (Å²) in [5, 5.41) is 6.15. The highest BCUT2D eigenvalue weighted by molar-refractivity contribution is 7.80. The summed E-state index contributed by atoms with van der Waals surface area (Å²) >= 11 is 5.32. The molecule has 0 fully saturated rings. The number of aryl methyl sites for hydroxylation is 1. The van der Waals surface area contributed by atoms with E-state index in [-0.39, 0.29) is 11.0 Å². The zero-order chi connectivity index (χ0) is 17.6. The topological polar surface area (TPSA) is 41.1 Å². The van der Waals surface area contributed by atoms with Gasteiger partial charge in [0.25, 0.3) is 5.91 Å². The third kappa shape index (κ3) is 4.31. The number of nitrogens with one attached hydrogen (secondary N) is 2. The lowest BCUT2D eigenvalue weighted by Crippen LogP contribution is -2.34. The molecule has 0 saturated heterocycles. The maximum absolute atomic E-state index is 12.2. The molecule has 2 N–H and O–H groups in total. The van der Waals surface area contributed by atoms with E-state index >= 15 is 0 Å². The summed E-state index contributed by atoms with van der Waals surface area (Å²) in [4.78, 5) is 12.2. The van der Waals surface area contributed by atoms with Gasteiger partial charge in [-0.1, -0.05) is 60.7 Å². The number of hydrogen-bond donors (Lipinski definition) is 2. The van der Waals surface area contributed by atoms with Crippen LogP contribution in [0.1, 0.15) is 15.9 Å². The normalized spacial score (nSPS) is 10.1. The van der Waals surface area contributed by atoms with E-state index in [1.807, 2.05) is 61.5 Å². The second kappa shape index (κ2) is 7.73. The van der Waals surface area contributed by atoms with Crippen LogP contribution in [-0.4, -0.2) is 11.0 Å². The second-order valence-corrected chi connectivity index (χ2v) is 6.10. The van der Waals surface area contributed by atoms with Crippen molar-refractivity contribution in [1.82, 2.24) is 5.32 Å². The SMILES string of the molecule is Cc1ccc(-c2ccccc2)c(NC(=S)NC(=O)c2ccccc2)c1. The Labute approximate surface area is 152 Å². The van der Waals surface area contributed by atoms with Crippen LogP contribution in [0.4, 0.5) is 5.69 Å². The highest BCUT2D eigenvalue weighted by Gasteiger charge is 2.10. The minimum absolute atomic E-state index is 0.230. The summed E-state index contributed by atoms with van der Waals surface area (Å²) in [6.45, 7) is 2.02. The summed E-state index contributed by atoms with van der Waals surface area (Å²) in [5.74, 6) is -0.230. The van der Waals surface area contributed by atoms with E-state index in [0.29, 0.717) is 5.56 Å². The van der Waals surface area contributed by atoms with Crippen LogP contribution in [0.15, 0.2) is 78.9 Å². The fourth-order valence-corrected chi connectivity index (χ4v) is 2.75. The molecule has 0 aromatic heterocycles. The van der Waals surface area contributed by atoms with Crippen LogP contribution in [0.3, 0.4) is 0 Å². The Hall–Kier alpha value is -2.98. The first-order chi connectivity index (χ1) is 12.1. The Bertz CT molecular complexity index is 892. The van der Waals surface area contributed by atoms with Gasteiger partial charge in [-0.05, 0) is 48.5 Å². The molecule has 0 radical (unpaired) electrons. The third-order valence-corrected chi connectivity index (χ3v) is 3.98. The highest BCUT2D eigenvalue weighted by Crippen LogP contribution is 2.28. The van der Waals surface area contributed by atoms with E-state index in [9.17, 15) is 4.79 Å². The van der Waals surface area contributed by atoms with Crippen molar-refractivity contribution in [1.29, 1.82) is 0 Å². The molecule has 3 nitrogen and oxygen atoms in total. The van der Waals surface area contributed by atoms with E-state index < -0.39 is 0 Å². The summed E-state index contributed by atoms with van der Waals surface area (Å²) < 4.78 is 0. The first-order valence-electron chi connectivity index (χ1n) is 7.97. The van der Waals surface area contributed by atoms with Crippen LogP contribution >= 0.6 is 12.2 Å². The average Bonchev–Trinajstić information content (AvgIpc) is 2.63. The van der Waals surface area contributed by atoms with Gasteiger partial charge in [0.15, 0.2) is 5.11 Å². The van der Waals surface area contributed by atoms with Crippen LogP contribution in [0.25, 0.3) is 11.1 Å². The first-order valence-corrected chi connectivity index (χ1v) is 8.38. The molecule has 3 aromatic carbocycles. The van der Waals surface area contributed by atoms with Gasteiger partial charge >= 0.3 is 0 Å². The molecule has 0 saturated carbocycles. The Kier molecular flexibility index (Phi) is 5.21. The summed E-state index contributed by atoms with van der Waals surface area (Å²) in [5.41, 5.74) is 4.66. The van der Waals surface area contributed by atoms with Crippen LogP contribution in [-0.2, 0) is 0 Å². The van der Waals surface area contributed by atoms with Gasteiger partial charge in [-0.25, -0.2) is 0 Å². The van der Waals surface area contributed by atoms with Gasteiger partial charge in [-0.2, -0.15) is 0 Å². The molecule has 0 aliphatic carbocycles. The maximum Gasteiger partial charge on any atom is 0.257 e. The largest absolute Gasteiger partial charge is 0.332 e. The molecule has 0 aliphatic rings.